The summed E-state index contributed by atoms with van der Waals surface area (Å²) >= 11 is 18.2. The number of halogens is 3. The van der Waals surface area contributed by atoms with Gasteiger partial charge in [0.25, 0.3) is 0 Å². The van der Waals surface area contributed by atoms with Gasteiger partial charge in [-0.1, -0.05) is 40.9 Å². The standard InChI is InChI=1S/C15H11Cl3N2O/c16-10-2-1-8(11(17)5-10)7-19-14-3-9-4-15(21)20-13(9)6-12(14)18/h1-3,5-6,19H,4,7H2,(H,20,21). The lowest BCUT2D eigenvalue weighted by molar-refractivity contribution is -0.115. The predicted molar refractivity (Wildman–Crippen MR) is 87.6 cm³/mol. The Bertz CT molecular complexity index is 731. The highest BCUT2D eigenvalue weighted by molar-refractivity contribution is 6.35. The van der Waals surface area contributed by atoms with Crippen LogP contribution >= 0.6 is 34.8 Å². The summed E-state index contributed by atoms with van der Waals surface area (Å²) in [6, 6.07) is 9.00. The molecule has 0 unspecified atom stereocenters. The van der Waals surface area contributed by atoms with Crippen LogP contribution in [0.1, 0.15) is 11.1 Å². The van der Waals surface area contributed by atoms with E-state index in [1.807, 2.05) is 12.1 Å². The van der Waals surface area contributed by atoms with Crippen molar-refractivity contribution in [3.05, 3.63) is 56.5 Å². The predicted octanol–water partition coefficient (Wildman–Crippen LogP) is 4.75. The number of carbonyl (C=O) groups excluding carboxylic acids is 1. The largest absolute Gasteiger partial charge is 0.380 e. The maximum absolute atomic E-state index is 11.4. The number of amides is 1. The van der Waals surface area contributed by atoms with E-state index in [1.54, 1.807) is 18.2 Å². The molecule has 0 atom stereocenters. The number of hydrogen-bond donors (Lipinski definition) is 2. The molecular weight excluding hydrogens is 331 g/mol. The molecule has 108 valence electrons. The third kappa shape index (κ3) is 3.10. The Morgan fingerprint density at radius 2 is 1.90 bits per heavy atom. The topological polar surface area (TPSA) is 41.1 Å². The summed E-state index contributed by atoms with van der Waals surface area (Å²) in [5.74, 6) is -0.0148. The molecule has 0 spiro atoms. The van der Waals surface area contributed by atoms with E-state index in [-0.39, 0.29) is 5.91 Å². The Labute approximate surface area is 137 Å². The molecule has 1 aliphatic heterocycles. The third-order valence-corrected chi connectivity index (χ3v) is 4.20. The average Bonchev–Trinajstić information content (AvgIpc) is 2.76. The first-order chi connectivity index (χ1) is 10.0. The summed E-state index contributed by atoms with van der Waals surface area (Å²) in [4.78, 5) is 11.4. The van der Waals surface area contributed by atoms with Gasteiger partial charge >= 0.3 is 0 Å². The summed E-state index contributed by atoms with van der Waals surface area (Å²) in [7, 11) is 0. The van der Waals surface area contributed by atoms with Crippen LogP contribution in [0.25, 0.3) is 0 Å². The van der Waals surface area contributed by atoms with Crippen LogP contribution in [0.4, 0.5) is 11.4 Å². The monoisotopic (exact) mass is 340 g/mol. The number of fused-ring (bicyclic) bond motifs is 1. The van der Waals surface area contributed by atoms with Crippen molar-refractivity contribution in [2.75, 3.05) is 10.6 Å². The fourth-order valence-electron chi connectivity index (χ4n) is 2.24. The molecule has 0 aromatic heterocycles. The van der Waals surface area contributed by atoms with Crippen LogP contribution < -0.4 is 10.6 Å². The van der Waals surface area contributed by atoms with Crippen LogP contribution in [0.3, 0.4) is 0 Å². The highest BCUT2D eigenvalue weighted by atomic mass is 35.5. The zero-order chi connectivity index (χ0) is 15.0. The van der Waals surface area contributed by atoms with Crippen molar-refractivity contribution in [3.8, 4) is 0 Å². The smallest absolute Gasteiger partial charge is 0.228 e. The summed E-state index contributed by atoms with van der Waals surface area (Å²) in [6.45, 7) is 0.524. The molecule has 1 heterocycles. The second kappa shape index (κ2) is 5.76. The van der Waals surface area contributed by atoms with E-state index in [0.717, 1.165) is 22.5 Å². The van der Waals surface area contributed by atoms with Crippen LogP contribution in [0.5, 0.6) is 0 Å². The Balaban J connectivity index is 1.79. The van der Waals surface area contributed by atoms with Gasteiger partial charge in [0, 0.05) is 22.3 Å². The van der Waals surface area contributed by atoms with Gasteiger partial charge in [0.15, 0.2) is 0 Å². The number of carbonyl (C=O) groups is 1. The minimum absolute atomic E-state index is 0.0148. The molecule has 2 aromatic rings. The zero-order valence-corrected chi connectivity index (χ0v) is 13.1. The van der Waals surface area contributed by atoms with Gasteiger partial charge in [-0.05, 0) is 35.4 Å². The second-order valence-electron chi connectivity index (χ2n) is 4.80. The lowest BCUT2D eigenvalue weighted by Gasteiger charge is -2.11. The van der Waals surface area contributed by atoms with Gasteiger partial charge in [0.1, 0.15) is 0 Å². The molecule has 2 aromatic carbocycles. The van der Waals surface area contributed by atoms with Crippen molar-refractivity contribution < 1.29 is 4.79 Å². The Morgan fingerprint density at radius 1 is 1.10 bits per heavy atom. The Hall–Kier alpha value is -1.42. The molecule has 1 amide bonds. The first-order valence-corrected chi connectivity index (χ1v) is 7.46. The van der Waals surface area contributed by atoms with Crippen molar-refractivity contribution in [1.82, 2.24) is 0 Å². The maximum atomic E-state index is 11.4. The molecule has 0 bridgehead atoms. The van der Waals surface area contributed by atoms with E-state index >= 15 is 0 Å². The molecule has 0 fully saturated rings. The molecular formula is C15H11Cl3N2O. The van der Waals surface area contributed by atoms with E-state index in [9.17, 15) is 4.79 Å². The van der Waals surface area contributed by atoms with Crippen LogP contribution in [0.15, 0.2) is 30.3 Å². The number of rotatable bonds is 3. The molecule has 0 saturated carbocycles. The molecule has 21 heavy (non-hydrogen) atoms. The van der Waals surface area contributed by atoms with Crippen LogP contribution in [-0.4, -0.2) is 5.91 Å². The quantitative estimate of drug-likeness (QED) is 0.845. The van der Waals surface area contributed by atoms with Crippen molar-refractivity contribution in [2.45, 2.75) is 13.0 Å². The minimum atomic E-state index is -0.0148. The fraction of sp³-hybridized carbons (Fsp3) is 0.133. The molecule has 6 heteroatoms. The lowest BCUT2D eigenvalue weighted by Crippen LogP contribution is -2.03. The lowest BCUT2D eigenvalue weighted by atomic mass is 10.1. The minimum Gasteiger partial charge on any atom is -0.380 e. The number of anilines is 2. The highest BCUT2D eigenvalue weighted by Crippen LogP contribution is 2.33. The molecule has 2 N–H and O–H groups in total. The van der Waals surface area contributed by atoms with E-state index in [1.165, 1.54) is 0 Å². The third-order valence-electron chi connectivity index (χ3n) is 3.30. The normalized spacial score (nSPS) is 13.0. The number of hydrogen-bond acceptors (Lipinski definition) is 2. The second-order valence-corrected chi connectivity index (χ2v) is 6.05. The maximum Gasteiger partial charge on any atom is 0.228 e. The van der Waals surface area contributed by atoms with Crippen molar-refractivity contribution in [2.24, 2.45) is 0 Å². The van der Waals surface area contributed by atoms with E-state index in [0.29, 0.717) is 28.0 Å². The van der Waals surface area contributed by atoms with Crippen LogP contribution in [0, 0.1) is 0 Å². The van der Waals surface area contributed by atoms with Gasteiger partial charge in [-0.15, -0.1) is 0 Å². The van der Waals surface area contributed by atoms with Gasteiger partial charge in [0.05, 0.1) is 17.1 Å². The first-order valence-electron chi connectivity index (χ1n) is 6.33. The molecule has 0 aliphatic carbocycles. The molecule has 1 aliphatic rings. The summed E-state index contributed by atoms with van der Waals surface area (Å²) in [5.41, 5.74) is 3.42. The van der Waals surface area contributed by atoms with Crippen molar-refractivity contribution >= 4 is 52.1 Å². The van der Waals surface area contributed by atoms with E-state index in [2.05, 4.69) is 10.6 Å². The van der Waals surface area contributed by atoms with Crippen LogP contribution in [-0.2, 0) is 17.8 Å². The first kappa shape index (κ1) is 14.5. The number of benzene rings is 2. The Morgan fingerprint density at radius 3 is 2.67 bits per heavy atom. The molecule has 0 saturated heterocycles. The van der Waals surface area contributed by atoms with Gasteiger partial charge < -0.3 is 10.6 Å². The van der Waals surface area contributed by atoms with Gasteiger partial charge in [0.2, 0.25) is 5.91 Å². The van der Waals surface area contributed by atoms with E-state index < -0.39 is 0 Å². The molecule has 0 radical (unpaired) electrons. The average molecular weight is 342 g/mol. The van der Waals surface area contributed by atoms with E-state index in [4.69, 9.17) is 34.8 Å². The summed E-state index contributed by atoms with van der Waals surface area (Å²) < 4.78 is 0. The fourth-order valence-corrected chi connectivity index (χ4v) is 2.94. The Kier molecular flexibility index (Phi) is 3.98. The zero-order valence-electron chi connectivity index (χ0n) is 10.8. The summed E-state index contributed by atoms with van der Waals surface area (Å²) in [5, 5.41) is 7.76. The van der Waals surface area contributed by atoms with Crippen molar-refractivity contribution in [1.29, 1.82) is 0 Å². The van der Waals surface area contributed by atoms with Crippen molar-refractivity contribution in [3.63, 3.8) is 0 Å². The number of nitrogens with one attached hydrogen (secondary N) is 2. The molecule has 3 rings (SSSR count). The highest BCUT2D eigenvalue weighted by Gasteiger charge is 2.19. The van der Waals surface area contributed by atoms with Gasteiger partial charge in [-0.3, -0.25) is 4.79 Å². The van der Waals surface area contributed by atoms with Gasteiger partial charge in [-0.2, -0.15) is 0 Å². The molecule has 3 nitrogen and oxygen atoms in total. The SMILES string of the molecule is O=C1Cc2cc(NCc3ccc(Cl)cc3Cl)c(Cl)cc2N1. The van der Waals surface area contributed by atoms with Crippen LogP contribution in [0.2, 0.25) is 15.1 Å². The summed E-state index contributed by atoms with van der Waals surface area (Å²) in [6.07, 6.45) is 0.378. The van der Waals surface area contributed by atoms with Gasteiger partial charge in [-0.25, -0.2) is 0 Å².